The predicted molar refractivity (Wildman–Crippen MR) is 190 cm³/mol. The van der Waals surface area contributed by atoms with E-state index in [9.17, 15) is 14.4 Å². The molecule has 1 aliphatic rings. The zero-order valence-corrected chi connectivity index (χ0v) is 29.0. The summed E-state index contributed by atoms with van der Waals surface area (Å²) in [4.78, 5) is 52.5. The first-order valence-electron chi connectivity index (χ1n) is 15.5. The van der Waals surface area contributed by atoms with E-state index in [1.54, 1.807) is 54.1 Å². The van der Waals surface area contributed by atoms with Gasteiger partial charge in [0.15, 0.2) is 5.82 Å². The smallest absolute Gasteiger partial charge is 0.247 e. The second kappa shape index (κ2) is 15.3. The maximum atomic E-state index is 15.5. The minimum absolute atomic E-state index is 0. The average Bonchev–Trinajstić information content (AvgIpc) is 3.55. The Labute approximate surface area is 290 Å². The molecule has 5 rings (SSSR count). The summed E-state index contributed by atoms with van der Waals surface area (Å²) in [6.07, 6.45) is 2.53. The van der Waals surface area contributed by atoms with E-state index in [-0.39, 0.29) is 40.8 Å². The van der Waals surface area contributed by atoms with E-state index in [0.29, 0.717) is 47.5 Å². The van der Waals surface area contributed by atoms with Crippen LogP contribution in [0.1, 0.15) is 40.5 Å². The van der Waals surface area contributed by atoms with Crippen LogP contribution >= 0.6 is 24.0 Å². The Morgan fingerprint density at radius 3 is 2.46 bits per heavy atom. The predicted octanol–water partition coefficient (Wildman–Crippen LogP) is 6.38. The summed E-state index contributed by atoms with van der Waals surface area (Å²) in [7, 11) is 1.68. The third kappa shape index (κ3) is 7.69. The van der Waals surface area contributed by atoms with E-state index in [0.717, 1.165) is 0 Å². The number of anilines is 4. The Morgan fingerprint density at radius 1 is 1.04 bits per heavy atom. The number of fused-ring (bicyclic) bond motifs is 1. The van der Waals surface area contributed by atoms with Gasteiger partial charge in [0.1, 0.15) is 24.2 Å². The number of benzene rings is 3. The van der Waals surface area contributed by atoms with Gasteiger partial charge < -0.3 is 20.9 Å². The minimum Gasteiger partial charge on any atom is -0.342 e. The fourth-order valence-electron chi connectivity index (χ4n) is 5.66. The highest BCUT2D eigenvalue weighted by atomic mass is 35.5. The van der Waals surface area contributed by atoms with Gasteiger partial charge in [0.05, 0.1) is 22.3 Å². The molecular formula is C35H40Cl2FN7O3. The van der Waals surface area contributed by atoms with Crippen molar-refractivity contribution < 1.29 is 18.8 Å². The summed E-state index contributed by atoms with van der Waals surface area (Å²) >= 11 is 6.19. The molecule has 2 heterocycles. The van der Waals surface area contributed by atoms with E-state index in [4.69, 9.17) is 11.6 Å². The first kappa shape index (κ1) is 36.5. The number of amides is 3. The number of aromatic nitrogens is 2. The minimum atomic E-state index is -0.824. The fraction of sp³-hybridized carbons (Fsp3) is 0.343. The van der Waals surface area contributed by atoms with Crippen molar-refractivity contribution in [2.75, 3.05) is 23.8 Å². The number of nitrogens with one attached hydrogen (secondary N) is 3. The first-order valence-corrected chi connectivity index (χ1v) is 15.9. The van der Waals surface area contributed by atoms with Gasteiger partial charge in [-0.3, -0.25) is 19.3 Å². The fourth-order valence-corrected chi connectivity index (χ4v) is 5.83. The Morgan fingerprint density at radius 2 is 1.77 bits per heavy atom. The third-order valence-corrected chi connectivity index (χ3v) is 8.64. The maximum absolute atomic E-state index is 15.5. The Bertz CT molecular complexity index is 1790. The molecule has 1 saturated heterocycles. The highest BCUT2D eigenvalue weighted by Crippen LogP contribution is 2.40. The summed E-state index contributed by atoms with van der Waals surface area (Å²) in [5, 5.41) is 9.28. The second-order valence-corrected chi connectivity index (χ2v) is 13.1. The molecule has 3 N–H and O–H groups in total. The number of carbonyl (C=O) groups is 3. The molecule has 48 heavy (non-hydrogen) atoms. The lowest BCUT2D eigenvalue weighted by Gasteiger charge is -2.36. The van der Waals surface area contributed by atoms with Crippen LogP contribution in [-0.4, -0.2) is 64.3 Å². The summed E-state index contributed by atoms with van der Waals surface area (Å²) in [5.41, 5.74) is 1.29. The highest BCUT2D eigenvalue weighted by molar-refractivity contribution is 6.31. The van der Waals surface area contributed by atoms with Crippen molar-refractivity contribution in [3.8, 4) is 0 Å². The molecule has 3 atom stereocenters. The molecule has 10 nitrogen and oxygen atoms in total. The van der Waals surface area contributed by atoms with Crippen LogP contribution in [0.25, 0.3) is 10.9 Å². The molecule has 254 valence electrons. The van der Waals surface area contributed by atoms with Crippen LogP contribution in [-0.2, 0) is 14.4 Å². The third-order valence-electron chi connectivity index (χ3n) is 8.34. The van der Waals surface area contributed by atoms with Gasteiger partial charge in [0.2, 0.25) is 17.7 Å². The number of likely N-dealkylation sites (tertiary alicyclic amines) is 1. The molecule has 0 saturated carbocycles. The number of likely N-dealkylation sites (N-methyl/N-ethyl adjacent to an activating group) is 1. The standard InChI is InChI=1S/C35H39ClFN7O3.ClH/c1-21(38-5)32(45)42-30(35(2,3)4)34(47)43-18-10-15-28(43)33(46)41-22-16-17-26-24(19-22)31(40-20-39-26)44(23-11-7-6-8-12-23)27-14-9-13-25(36)29(27)37;/h6-9,11-14,16-17,19-21,28,30,38H,10,15,18H2,1-5H3,(H,41,46)(H,42,45);1H/t21-,28-,30+;/m0./s1. The number of rotatable bonds is 9. The molecule has 0 radical (unpaired) electrons. The van der Waals surface area contributed by atoms with Crippen molar-refractivity contribution in [2.45, 2.75) is 58.7 Å². The average molecular weight is 697 g/mol. The normalized spacial score (nSPS) is 15.7. The van der Waals surface area contributed by atoms with Crippen molar-refractivity contribution in [1.82, 2.24) is 25.5 Å². The van der Waals surface area contributed by atoms with Crippen LogP contribution in [0.3, 0.4) is 0 Å². The molecule has 13 heteroatoms. The SMILES string of the molecule is CN[C@@H](C)C(=O)N[C@H](C(=O)N1CCC[C@H]1C(=O)Nc1ccc2ncnc(N(c3ccccc3)c3cccc(Cl)c3F)c2c1)C(C)(C)C.Cl. The van der Waals surface area contributed by atoms with Crippen molar-refractivity contribution in [2.24, 2.45) is 5.41 Å². The summed E-state index contributed by atoms with van der Waals surface area (Å²) in [5.74, 6) is -1.17. The van der Waals surface area contributed by atoms with Crippen LogP contribution in [0.15, 0.2) is 73.1 Å². The Kier molecular flexibility index (Phi) is 11.6. The van der Waals surface area contributed by atoms with E-state index < -0.39 is 29.4 Å². The number of nitrogens with zero attached hydrogens (tertiary/aromatic N) is 4. The van der Waals surface area contributed by atoms with Crippen molar-refractivity contribution in [1.29, 1.82) is 0 Å². The van der Waals surface area contributed by atoms with Gasteiger partial charge in [0, 0.05) is 23.3 Å². The molecule has 0 bridgehead atoms. The lowest BCUT2D eigenvalue weighted by molar-refractivity contribution is -0.143. The lowest BCUT2D eigenvalue weighted by Crippen LogP contribution is -2.59. The topological polar surface area (TPSA) is 120 Å². The Hall–Kier alpha value is -4.32. The van der Waals surface area contributed by atoms with Crippen LogP contribution in [0, 0.1) is 11.2 Å². The molecule has 0 aliphatic carbocycles. The van der Waals surface area contributed by atoms with E-state index in [1.165, 1.54) is 12.4 Å². The molecule has 0 spiro atoms. The van der Waals surface area contributed by atoms with E-state index in [1.807, 2.05) is 51.1 Å². The van der Waals surface area contributed by atoms with Gasteiger partial charge in [-0.1, -0.05) is 56.6 Å². The van der Waals surface area contributed by atoms with Gasteiger partial charge in [-0.15, -0.1) is 12.4 Å². The monoisotopic (exact) mass is 695 g/mol. The summed E-state index contributed by atoms with van der Waals surface area (Å²) in [6.45, 7) is 7.76. The van der Waals surface area contributed by atoms with Gasteiger partial charge in [-0.2, -0.15) is 0 Å². The van der Waals surface area contributed by atoms with Crippen molar-refractivity contribution in [3.63, 3.8) is 0 Å². The maximum Gasteiger partial charge on any atom is 0.247 e. The van der Waals surface area contributed by atoms with Crippen molar-refractivity contribution in [3.05, 3.63) is 83.9 Å². The zero-order valence-electron chi connectivity index (χ0n) is 27.5. The van der Waals surface area contributed by atoms with E-state index >= 15 is 4.39 Å². The largest absolute Gasteiger partial charge is 0.342 e. The molecular weight excluding hydrogens is 656 g/mol. The van der Waals surface area contributed by atoms with Crippen LogP contribution in [0.4, 0.5) is 27.3 Å². The first-order chi connectivity index (χ1) is 22.4. The van der Waals surface area contributed by atoms with Crippen LogP contribution in [0.2, 0.25) is 5.02 Å². The number of halogens is 3. The summed E-state index contributed by atoms with van der Waals surface area (Å²) < 4.78 is 15.5. The number of hydrogen-bond acceptors (Lipinski definition) is 7. The Balaban J connectivity index is 0.00000520. The van der Waals surface area contributed by atoms with Gasteiger partial charge in [-0.05, 0) is 74.7 Å². The van der Waals surface area contributed by atoms with Gasteiger partial charge in [-0.25, -0.2) is 14.4 Å². The van der Waals surface area contributed by atoms with Crippen molar-refractivity contribution >= 4 is 75.5 Å². The number of para-hydroxylation sites is 1. The summed E-state index contributed by atoms with van der Waals surface area (Å²) in [6, 6.07) is 17.1. The zero-order chi connectivity index (χ0) is 33.9. The number of carbonyl (C=O) groups excluding carboxylic acids is 3. The molecule has 1 fully saturated rings. The molecule has 1 aliphatic heterocycles. The second-order valence-electron chi connectivity index (χ2n) is 12.7. The molecule has 4 aromatic rings. The molecule has 0 unspecified atom stereocenters. The van der Waals surface area contributed by atoms with Crippen LogP contribution in [0.5, 0.6) is 0 Å². The van der Waals surface area contributed by atoms with Gasteiger partial charge in [0.25, 0.3) is 0 Å². The van der Waals surface area contributed by atoms with E-state index in [2.05, 4.69) is 25.9 Å². The van der Waals surface area contributed by atoms with Gasteiger partial charge >= 0.3 is 0 Å². The molecule has 1 aromatic heterocycles. The molecule has 3 aromatic carbocycles. The highest BCUT2D eigenvalue weighted by Gasteiger charge is 2.42. The quantitative estimate of drug-likeness (QED) is 0.186. The number of hydrogen-bond donors (Lipinski definition) is 3. The molecule has 3 amide bonds. The lowest BCUT2D eigenvalue weighted by atomic mass is 9.85. The van der Waals surface area contributed by atoms with Crippen LogP contribution < -0.4 is 20.9 Å².